The minimum Gasteiger partial charge on any atom is -0.481 e. The van der Waals surface area contributed by atoms with Crippen LogP contribution >= 0.6 is 24.0 Å². The Labute approximate surface area is 160 Å². The van der Waals surface area contributed by atoms with Crippen molar-refractivity contribution < 1.29 is 9.53 Å². The molecule has 7 nitrogen and oxygen atoms in total. The van der Waals surface area contributed by atoms with E-state index in [4.69, 9.17) is 4.74 Å². The molecule has 134 valence electrons. The molecule has 1 aromatic heterocycles. The van der Waals surface area contributed by atoms with E-state index in [1.807, 2.05) is 24.0 Å². The van der Waals surface area contributed by atoms with Crippen molar-refractivity contribution in [2.24, 2.45) is 4.99 Å². The first-order chi connectivity index (χ1) is 11.2. The zero-order chi connectivity index (χ0) is 16.7. The van der Waals surface area contributed by atoms with Crippen LogP contribution in [0, 0.1) is 0 Å². The van der Waals surface area contributed by atoms with Crippen molar-refractivity contribution >= 4 is 35.8 Å². The van der Waals surface area contributed by atoms with Gasteiger partial charge < -0.3 is 20.3 Å². The Kier molecular flexibility index (Phi) is 8.80. The number of carbonyl (C=O) groups is 1. The molecule has 1 unspecified atom stereocenters. The number of ether oxygens (including phenoxy) is 1. The molecule has 0 spiro atoms. The van der Waals surface area contributed by atoms with E-state index < -0.39 is 0 Å². The number of carbonyl (C=O) groups excluding carboxylic acids is 1. The van der Waals surface area contributed by atoms with Gasteiger partial charge in [0.15, 0.2) is 5.96 Å². The maximum Gasteiger partial charge on any atom is 0.222 e. The van der Waals surface area contributed by atoms with E-state index in [9.17, 15) is 4.79 Å². The van der Waals surface area contributed by atoms with Crippen molar-refractivity contribution in [2.75, 3.05) is 27.2 Å². The monoisotopic (exact) mass is 447 g/mol. The number of rotatable bonds is 5. The van der Waals surface area contributed by atoms with Crippen molar-refractivity contribution in [3.63, 3.8) is 0 Å². The van der Waals surface area contributed by atoms with Gasteiger partial charge in [0.25, 0.3) is 0 Å². The summed E-state index contributed by atoms with van der Waals surface area (Å²) in [7, 11) is 3.34. The van der Waals surface area contributed by atoms with Gasteiger partial charge in [-0.25, -0.2) is 4.98 Å². The first-order valence-corrected chi connectivity index (χ1v) is 7.90. The molecule has 1 fully saturated rings. The summed E-state index contributed by atoms with van der Waals surface area (Å²) in [6, 6.07) is 4.06. The fourth-order valence-corrected chi connectivity index (χ4v) is 2.57. The number of halogens is 1. The van der Waals surface area contributed by atoms with Gasteiger partial charge in [-0.05, 0) is 18.1 Å². The average Bonchev–Trinajstić information content (AvgIpc) is 3.06. The van der Waals surface area contributed by atoms with E-state index in [1.165, 1.54) is 0 Å². The van der Waals surface area contributed by atoms with Gasteiger partial charge in [-0.2, -0.15) is 0 Å². The van der Waals surface area contributed by atoms with E-state index in [2.05, 4.69) is 20.6 Å². The van der Waals surface area contributed by atoms with Crippen molar-refractivity contribution in [3.8, 4) is 5.88 Å². The highest BCUT2D eigenvalue weighted by Gasteiger charge is 2.25. The average molecular weight is 447 g/mol. The third-order valence-corrected chi connectivity index (χ3v) is 3.88. The predicted molar refractivity (Wildman–Crippen MR) is 105 cm³/mol. The first kappa shape index (κ1) is 20.5. The Balaban J connectivity index is 0.00000288. The van der Waals surface area contributed by atoms with Gasteiger partial charge in [0.2, 0.25) is 11.8 Å². The van der Waals surface area contributed by atoms with Crippen molar-refractivity contribution in [3.05, 3.63) is 23.9 Å². The maximum absolute atomic E-state index is 11.7. The number of guanidine groups is 1. The molecule has 1 amide bonds. The molecule has 1 aliphatic heterocycles. The highest BCUT2D eigenvalue weighted by Crippen LogP contribution is 2.11. The Morgan fingerprint density at radius 2 is 2.33 bits per heavy atom. The first-order valence-electron chi connectivity index (χ1n) is 7.90. The van der Waals surface area contributed by atoms with Crippen LogP contribution in [0.4, 0.5) is 0 Å². The lowest BCUT2D eigenvalue weighted by atomic mass is 10.2. The smallest absolute Gasteiger partial charge is 0.222 e. The van der Waals surface area contributed by atoms with E-state index in [0.717, 1.165) is 31.0 Å². The summed E-state index contributed by atoms with van der Waals surface area (Å²) in [6.07, 6.45) is 3.22. The summed E-state index contributed by atoms with van der Waals surface area (Å²) in [4.78, 5) is 22.0. The number of hydrogen-bond donors (Lipinski definition) is 2. The van der Waals surface area contributed by atoms with E-state index in [-0.39, 0.29) is 35.9 Å². The lowest BCUT2D eigenvalue weighted by Gasteiger charge is -2.18. The molecule has 1 aliphatic rings. The fourth-order valence-electron chi connectivity index (χ4n) is 2.57. The zero-order valence-corrected chi connectivity index (χ0v) is 16.7. The number of pyridine rings is 1. The van der Waals surface area contributed by atoms with Crippen LogP contribution in [-0.2, 0) is 11.3 Å². The van der Waals surface area contributed by atoms with E-state index in [0.29, 0.717) is 18.8 Å². The Morgan fingerprint density at radius 1 is 1.54 bits per heavy atom. The molecule has 0 aliphatic carbocycles. The number of methoxy groups -OCH3 is 1. The molecule has 1 saturated heterocycles. The molecule has 0 radical (unpaired) electrons. The number of aromatic nitrogens is 1. The third-order valence-electron chi connectivity index (χ3n) is 3.88. The van der Waals surface area contributed by atoms with Crippen molar-refractivity contribution in [1.82, 2.24) is 20.5 Å². The van der Waals surface area contributed by atoms with Crippen LogP contribution in [0.1, 0.15) is 25.3 Å². The number of aliphatic imine (C=N–C) groups is 1. The number of nitrogens with zero attached hydrogens (tertiary/aromatic N) is 3. The van der Waals surface area contributed by atoms with Gasteiger partial charge in [0.1, 0.15) is 0 Å². The van der Waals surface area contributed by atoms with Gasteiger partial charge in [-0.1, -0.05) is 6.92 Å². The second kappa shape index (κ2) is 10.3. The molecule has 2 rings (SSSR count). The van der Waals surface area contributed by atoms with Crippen LogP contribution in [0.3, 0.4) is 0 Å². The Bertz CT molecular complexity index is 567. The molecule has 1 aromatic rings. The van der Waals surface area contributed by atoms with Crippen LogP contribution in [0.15, 0.2) is 23.3 Å². The molecule has 0 saturated carbocycles. The molecule has 24 heavy (non-hydrogen) atoms. The largest absolute Gasteiger partial charge is 0.481 e. The molecule has 1 atom stereocenters. The SMILES string of the molecule is CCC(=O)N1CCC(NC(=NC)NCc2ccnc(OC)c2)C1.I. The van der Waals surface area contributed by atoms with Gasteiger partial charge in [0.05, 0.1) is 7.11 Å². The fraction of sp³-hybridized carbons (Fsp3) is 0.562. The molecular weight excluding hydrogens is 421 g/mol. The highest BCUT2D eigenvalue weighted by molar-refractivity contribution is 14.0. The van der Waals surface area contributed by atoms with Gasteiger partial charge in [0, 0.05) is 51.4 Å². The molecule has 0 aromatic carbocycles. The summed E-state index contributed by atoms with van der Waals surface area (Å²) in [5, 5.41) is 6.65. The van der Waals surface area contributed by atoms with Gasteiger partial charge in [-0.3, -0.25) is 9.79 Å². The Hall–Kier alpha value is -1.58. The number of hydrogen-bond acceptors (Lipinski definition) is 4. The number of nitrogens with one attached hydrogen (secondary N) is 2. The Morgan fingerprint density at radius 3 is 3.00 bits per heavy atom. The standard InChI is InChI=1S/C16H25N5O2.HI/c1-4-15(22)21-8-6-13(11-21)20-16(17-2)19-10-12-5-7-18-14(9-12)23-3;/h5,7,9,13H,4,6,8,10-11H2,1-3H3,(H2,17,19,20);1H. The van der Waals surface area contributed by atoms with Crippen molar-refractivity contribution in [1.29, 1.82) is 0 Å². The minimum atomic E-state index is 0. The third kappa shape index (κ3) is 5.81. The van der Waals surface area contributed by atoms with E-state index in [1.54, 1.807) is 20.4 Å². The lowest BCUT2D eigenvalue weighted by Crippen LogP contribution is -2.44. The number of amides is 1. The maximum atomic E-state index is 11.7. The van der Waals surface area contributed by atoms with Crippen LogP contribution in [-0.4, -0.2) is 55.0 Å². The van der Waals surface area contributed by atoms with Gasteiger partial charge >= 0.3 is 0 Å². The van der Waals surface area contributed by atoms with Crippen LogP contribution in [0.25, 0.3) is 0 Å². The predicted octanol–water partition coefficient (Wildman–Crippen LogP) is 1.38. The molecule has 2 heterocycles. The van der Waals surface area contributed by atoms with Crippen LogP contribution < -0.4 is 15.4 Å². The van der Waals surface area contributed by atoms with Crippen molar-refractivity contribution in [2.45, 2.75) is 32.4 Å². The topological polar surface area (TPSA) is 78.9 Å². The summed E-state index contributed by atoms with van der Waals surface area (Å²) >= 11 is 0. The zero-order valence-electron chi connectivity index (χ0n) is 14.4. The van der Waals surface area contributed by atoms with Crippen LogP contribution in [0.5, 0.6) is 5.88 Å². The van der Waals surface area contributed by atoms with Gasteiger partial charge in [-0.15, -0.1) is 24.0 Å². The quantitative estimate of drug-likeness (QED) is 0.405. The van der Waals surface area contributed by atoms with Crippen LogP contribution in [0.2, 0.25) is 0 Å². The molecule has 2 N–H and O–H groups in total. The summed E-state index contributed by atoms with van der Waals surface area (Å²) in [5.41, 5.74) is 1.06. The summed E-state index contributed by atoms with van der Waals surface area (Å²) in [6.45, 7) is 4.06. The lowest BCUT2D eigenvalue weighted by molar-refractivity contribution is -0.129. The molecule has 0 bridgehead atoms. The second-order valence-electron chi connectivity index (χ2n) is 5.46. The number of likely N-dealkylation sites (tertiary alicyclic amines) is 1. The summed E-state index contributed by atoms with van der Waals surface area (Å²) in [5.74, 6) is 1.54. The second-order valence-corrected chi connectivity index (χ2v) is 5.46. The normalized spacial score (nSPS) is 17.2. The van der Waals surface area contributed by atoms with E-state index >= 15 is 0 Å². The highest BCUT2D eigenvalue weighted by atomic mass is 127. The molecular formula is C16H26IN5O2. The minimum absolute atomic E-state index is 0. The summed E-state index contributed by atoms with van der Waals surface area (Å²) < 4.78 is 5.12. The molecule has 8 heteroatoms.